The summed E-state index contributed by atoms with van der Waals surface area (Å²) >= 11 is 0. The van der Waals surface area contributed by atoms with Crippen LogP contribution in [0.2, 0.25) is 0 Å². The maximum atomic E-state index is 13.6. The normalized spacial score (nSPS) is 20.4. The molecule has 1 heterocycles. The minimum Gasteiger partial charge on any atom is -0.349 e. The molecule has 0 radical (unpaired) electrons. The number of halogens is 1. The topological polar surface area (TPSA) is 40.6 Å². The number of likely N-dealkylation sites (tertiary alicyclic amines) is 1. The third-order valence-electron chi connectivity index (χ3n) is 5.57. The molecule has 0 N–H and O–H groups in total. The standard InChI is InChI=1S/C19H25FN2O2/c1-21(2)17(23)14-7-11-22(12-8-14)18(24)19(9-4-10-19)15-5-3-6-16(20)13-15/h3,5-6,13-14H,4,7-12H2,1-2H3. The van der Waals surface area contributed by atoms with Crippen molar-refractivity contribution >= 4 is 11.8 Å². The molecule has 0 atom stereocenters. The Morgan fingerprint density at radius 2 is 1.88 bits per heavy atom. The summed E-state index contributed by atoms with van der Waals surface area (Å²) in [5.41, 5.74) is 0.241. The van der Waals surface area contributed by atoms with E-state index in [1.807, 2.05) is 11.0 Å². The highest BCUT2D eigenvalue weighted by molar-refractivity contribution is 5.89. The van der Waals surface area contributed by atoms with Gasteiger partial charge in [0.25, 0.3) is 0 Å². The summed E-state index contributed by atoms with van der Waals surface area (Å²) in [6.07, 6.45) is 3.99. The first-order valence-electron chi connectivity index (χ1n) is 8.70. The van der Waals surface area contributed by atoms with Gasteiger partial charge in [-0.25, -0.2) is 4.39 Å². The predicted molar refractivity (Wildman–Crippen MR) is 89.9 cm³/mol. The van der Waals surface area contributed by atoms with Crippen LogP contribution in [-0.2, 0) is 15.0 Å². The molecule has 1 aliphatic heterocycles. The molecule has 1 aromatic carbocycles. The third-order valence-corrected chi connectivity index (χ3v) is 5.57. The maximum Gasteiger partial charge on any atom is 0.233 e. The second kappa shape index (κ2) is 6.54. The SMILES string of the molecule is CN(C)C(=O)C1CCN(C(=O)C2(c3cccc(F)c3)CCC2)CC1. The Hall–Kier alpha value is -1.91. The van der Waals surface area contributed by atoms with Crippen molar-refractivity contribution < 1.29 is 14.0 Å². The zero-order valence-corrected chi connectivity index (χ0v) is 14.4. The number of amides is 2. The number of carbonyl (C=O) groups excluding carboxylic acids is 2. The highest BCUT2D eigenvalue weighted by Gasteiger charge is 2.48. The molecule has 0 aromatic heterocycles. The largest absolute Gasteiger partial charge is 0.349 e. The lowest BCUT2D eigenvalue weighted by atomic mass is 9.63. The number of hydrogen-bond donors (Lipinski definition) is 0. The predicted octanol–water partition coefficient (Wildman–Crippen LogP) is 2.57. The smallest absolute Gasteiger partial charge is 0.233 e. The van der Waals surface area contributed by atoms with Crippen molar-refractivity contribution in [2.45, 2.75) is 37.5 Å². The molecule has 5 heteroatoms. The summed E-state index contributed by atoms with van der Waals surface area (Å²) < 4.78 is 13.6. The first-order chi connectivity index (χ1) is 11.4. The summed E-state index contributed by atoms with van der Waals surface area (Å²) in [4.78, 5) is 28.7. The molecule has 1 aromatic rings. The fourth-order valence-electron chi connectivity index (χ4n) is 3.94. The van der Waals surface area contributed by atoms with E-state index in [2.05, 4.69) is 0 Å². The number of rotatable bonds is 3. The summed E-state index contributed by atoms with van der Waals surface area (Å²) in [5, 5.41) is 0. The molecular weight excluding hydrogens is 307 g/mol. The van der Waals surface area contributed by atoms with Crippen LogP contribution >= 0.6 is 0 Å². The average Bonchev–Trinajstić information content (AvgIpc) is 2.53. The van der Waals surface area contributed by atoms with Crippen molar-refractivity contribution in [2.75, 3.05) is 27.2 Å². The lowest BCUT2D eigenvalue weighted by molar-refractivity contribution is -0.145. The van der Waals surface area contributed by atoms with E-state index in [0.717, 1.165) is 24.8 Å². The molecule has 3 rings (SSSR count). The van der Waals surface area contributed by atoms with E-state index in [-0.39, 0.29) is 23.5 Å². The van der Waals surface area contributed by atoms with Crippen LogP contribution in [0.4, 0.5) is 4.39 Å². The van der Waals surface area contributed by atoms with Gasteiger partial charge in [-0.1, -0.05) is 18.6 Å². The van der Waals surface area contributed by atoms with Crippen LogP contribution in [0.25, 0.3) is 0 Å². The van der Waals surface area contributed by atoms with Crippen LogP contribution in [0.5, 0.6) is 0 Å². The van der Waals surface area contributed by atoms with Crippen molar-refractivity contribution in [1.29, 1.82) is 0 Å². The van der Waals surface area contributed by atoms with Gasteiger partial charge in [-0.05, 0) is 43.4 Å². The molecule has 2 amide bonds. The molecule has 2 aliphatic rings. The first-order valence-corrected chi connectivity index (χ1v) is 8.70. The van der Waals surface area contributed by atoms with Crippen LogP contribution in [0.15, 0.2) is 24.3 Å². The van der Waals surface area contributed by atoms with Crippen LogP contribution in [0.3, 0.4) is 0 Å². The second-order valence-electron chi connectivity index (χ2n) is 7.25. The fraction of sp³-hybridized carbons (Fsp3) is 0.579. The van der Waals surface area contributed by atoms with E-state index in [0.29, 0.717) is 25.9 Å². The zero-order chi connectivity index (χ0) is 17.3. The van der Waals surface area contributed by atoms with Gasteiger partial charge in [0.1, 0.15) is 5.82 Å². The van der Waals surface area contributed by atoms with Crippen molar-refractivity contribution in [3.05, 3.63) is 35.6 Å². The minimum absolute atomic E-state index is 0.00978. The number of nitrogens with zero attached hydrogens (tertiary/aromatic N) is 2. The van der Waals surface area contributed by atoms with Crippen LogP contribution in [0, 0.1) is 11.7 Å². The number of piperidine rings is 1. The summed E-state index contributed by atoms with van der Waals surface area (Å²) in [7, 11) is 3.54. The van der Waals surface area contributed by atoms with Gasteiger partial charge in [0.2, 0.25) is 11.8 Å². The third kappa shape index (κ3) is 2.92. The lowest BCUT2D eigenvalue weighted by Gasteiger charge is -2.45. The zero-order valence-electron chi connectivity index (χ0n) is 14.4. The summed E-state index contributed by atoms with van der Waals surface area (Å²) in [6, 6.07) is 6.46. The van der Waals surface area contributed by atoms with Gasteiger partial charge in [0, 0.05) is 33.1 Å². The average molecular weight is 332 g/mol. The molecule has 4 nitrogen and oxygen atoms in total. The monoisotopic (exact) mass is 332 g/mol. The Bertz CT molecular complexity index is 632. The molecule has 2 fully saturated rings. The Morgan fingerprint density at radius 3 is 2.38 bits per heavy atom. The molecule has 1 aliphatic carbocycles. The first kappa shape index (κ1) is 16.9. The quantitative estimate of drug-likeness (QED) is 0.853. The molecule has 24 heavy (non-hydrogen) atoms. The van der Waals surface area contributed by atoms with E-state index >= 15 is 0 Å². The van der Waals surface area contributed by atoms with E-state index in [9.17, 15) is 14.0 Å². The second-order valence-corrected chi connectivity index (χ2v) is 7.25. The molecule has 0 unspecified atom stereocenters. The van der Waals surface area contributed by atoms with Crippen molar-refractivity contribution in [3.63, 3.8) is 0 Å². The number of carbonyl (C=O) groups is 2. The van der Waals surface area contributed by atoms with Crippen molar-refractivity contribution in [1.82, 2.24) is 9.80 Å². The van der Waals surface area contributed by atoms with Gasteiger partial charge >= 0.3 is 0 Å². The van der Waals surface area contributed by atoms with Crippen LogP contribution in [0.1, 0.15) is 37.7 Å². The van der Waals surface area contributed by atoms with E-state index in [1.54, 1.807) is 25.1 Å². The van der Waals surface area contributed by atoms with Gasteiger partial charge in [0.15, 0.2) is 0 Å². The summed E-state index contributed by atoms with van der Waals surface area (Å²) in [5.74, 6) is -0.0295. The fourth-order valence-corrected chi connectivity index (χ4v) is 3.94. The molecule has 130 valence electrons. The number of hydrogen-bond acceptors (Lipinski definition) is 2. The Balaban J connectivity index is 1.71. The van der Waals surface area contributed by atoms with Gasteiger partial charge in [-0.15, -0.1) is 0 Å². The number of benzene rings is 1. The van der Waals surface area contributed by atoms with E-state index < -0.39 is 5.41 Å². The molecule has 1 saturated heterocycles. The lowest BCUT2D eigenvalue weighted by Crippen LogP contribution is -2.53. The van der Waals surface area contributed by atoms with E-state index in [1.165, 1.54) is 12.1 Å². The van der Waals surface area contributed by atoms with Crippen molar-refractivity contribution in [2.24, 2.45) is 5.92 Å². The van der Waals surface area contributed by atoms with Gasteiger partial charge in [-0.2, -0.15) is 0 Å². The van der Waals surface area contributed by atoms with Gasteiger partial charge in [-0.3, -0.25) is 9.59 Å². The van der Waals surface area contributed by atoms with Crippen LogP contribution in [-0.4, -0.2) is 48.8 Å². The molecular formula is C19H25FN2O2. The minimum atomic E-state index is -0.555. The summed E-state index contributed by atoms with van der Waals surface area (Å²) in [6.45, 7) is 1.22. The Labute approximate surface area is 142 Å². The van der Waals surface area contributed by atoms with Crippen LogP contribution < -0.4 is 0 Å². The van der Waals surface area contributed by atoms with Crippen molar-refractivity contribution in [3.8, 4) is 0 Å². The highest BCUT2D eigenvalue weighted by Crippen LogP contribution is 2.45. The maximum absolute atomic E-state index is 13.6. The molecule has 1 saturated carbocycles. The molecule has 0 spiro atoms. The van der Waals surface area contributed by atoms with E-state index in [4.69, 9.17) is 0 Å². The Kier molecular flexibility index (Phi) is 4.61. The van der Waals surface area contributed by atoms with Gasteiger partial charge in [0.05, 0.1) is 5.41 Å². The molecule has 0 bridgehead atoms. The Morgan fingerprint density at radius 1 is 1.21 bits per heavy atom. The highest BCUT2D eigenvalue weighted by atomic mass is 19.1. The van der Waals surface area contributed by atoms with Gasteiger partial charge < -0.3 is 9.80 Å².